The topological polar surface area (TPSA) is 132 Å². The molecule has 4 aromatic rings. The molecule has 0 radical (unpaired) electrons. The number of halogens is 1. The molecule has 0 spiro atoms. The summed E-state index contributed by atoms with van der Waals surface area (Å²) < 4.78 is 22.4. The lowest BCUT2D eigenvalue weighted by Crippen LogP contribution is -2.74. The maximum atomic E-state index is 15.8. The van der Waals surface area contributed by atoms with Gasteiger partial charge in [-0.05, 0) is 85.3 Å². The first-order valence-electron chi connectivity index (χ1n) is 21.7. The maximum absolute atomic E-state index is 15.8. The number of piperidine rings is 2. The molecule has 14 heteroatoms. The van der Waals surface area contributed by atoms with Crippen LogP contribution in [0.4, 0.5) is 21.5 Å². The second-order valence-electron chi connectivity index (χ2n) is 18.8. The number of amides is 4. The minimum Gasteiger partial charge on any atom is -0.489 e. The van der Waals surface area contributed by atoms with E-state index in [9.17, 15) is 19.2 Å². The van der Waals surface area contributed by atoms with Crippen LogP contribution in [0.2, 0.25) is 0 Å². The number of carbonyl (C=O) groups excluding carboxylic acids is 4. The number of anilines is 2. The summed E-state index contributed by atoms with van der Waals surface area (Å²) in [7, 11) is 0. The highest BCUT2D eigenvalue weighted by molar-refractivity contribution is 6.05. The summed E-state index contributed by atoms with van der Waals surface area (Å²) >= 11 is 0. The molecule has 2 N–H and O–H groups in total. The number of aromatic nitrogens is 1. The molecule has 0 bridgehead atoms. The van der Waals surface area contributed by atoms with Crippen LogP contribution in [0.25, 0.3) is 15.7 Å². The average Bonchev–Trinajstić information content (AvgIpc) is 3.59. The molecule has 3 aromatic carbocycles. The van der Waals surface area contributed by atoms with Crippen molar-refractivity contribution in [1.82, 2.24) is 25.4 Å². The van der Waals surface area contributed by atoms with E-state index in [1.165, 1.54) is 6.07 Å². The molecule has 1 atom stereocenters. The van der Waals surface area contributed by atoms with Crippen LogP contribution in [0, 0.1) is 29.1 Å². The minimum atomic E-state index is -0.622. The Morgan fingerprint density at radius 2 is 1.69 bits per heavy atom. The Balaban J connectivity index is 0.748. The van der Waals surface area contributed by atoms with E-state index in [1.807, 2.05) is 30.3 Å². The predicted molar refractivity (Wildman–Crippen MR) is 234 cm³/mol. The molecule has 1 aromatic heterocycles. The van der Waals surface area contributed by atoms with E-state index in [0.29, 0.717) is 47.1 Å². The van der Waals surface area contributed by atoms with Crippen LogP contribution in [0.15, 0.2) is 66.9 Å². The molecule has 4 aliphatic heterocycles. The first kappa shape index (κ1) is 41.3. The van der Waals surface area contributed by atoms with Gasteiger partial charge in [0.1, 0.15) is 23.7 Å². The summed E-state index contributed by atoms with van der Waals surface area (Å²) in [4.78, 5) is 67.5. The molecular weight excluding hydrogens is 788 g/mol. The number of nitrogens with one attached hydrogen (secondary N) is 2. The molecular formula is C48H53FN8O5. The fourth-order valence-electron chi connectivity index (χ4n) is 11.0. The lowest BCUT2D eigenvalue weighted by atomic mass is 9.49. The van der Waals surface area contributed by atoms with Crippen molar-refractivity contribution in [3.63, 3.8) is 0 Å². The zero-order chi connectivity index (χ0) is 43.5. The lowest BCUT2D eigenvalue weighted by Gasteiger charge is -2.63. The zero-order valence-corrected chi connectivity index (χ0v) is 35.7. The number of imide groups is 1. The van der Waals surface area contributed by atoms with Crippen molar-refractivity contribution in [2.75, 3.05) is 55.6 Å². The number of pyridine rings is 1. The normalized spacial score (nSPS) is 23.7. The van der Waals surface area contributed by atoms with Crippen LogP contribution >= 0.6 is 0 Å². The van der Waals surface area contributed by atoms with Crippen molar-refractivity contribution in [2.24, 2.45) is 16.7 Å². The largest absolute Gasteiger partial charge is 0.489 e. The molecule has 4 fully saturated rings. The molecule has 5 aliphatic rings. The Bertz CT molecular complexity index is 2490. The maximum Gasteiger partial charge on any atom is 0.255 e. The Morgan fingerprint density at radius 1 is 0.935 bits per heavy atom. The monoisotopic (exact) mass is 840 g/mol. The van der Waals surface area contributed by atoms with Crippen LogP contribution in [0.1, 0.15) is 79.7 Å². The summed E-state index contributed by atoms with van der Waals surface area (Å²) in [5, 5.41) is 6.34. The first-order valence-corrected chi connectivity index (χ1v) is 21.7. The number of fused-ring (bicyclic) bond motifs is 2. The number of hydrogen-bond donors (Lipinski definition) is 2. The van der Waals surface area contributed by atoms with Gasteiger partial charge in [0.25, 0.3) is 11.8 Å². The second-order valence-corrected chi connectivity index (χ2v) is 18.8. The number of benzene rings is 3. The second kappa shape index (κ2) is 16.0. The molecule has 1 aliphatic carbocycles. The van der Waals surface area contributed by atoms with Gasteiger partial charge in [-0.2, -0.15) is 0 Å². The van der Waals surface area contributed by atoms with Gasteiger partial charge >= 0.3 is 0 Å². The number of hydrogen-bond acceptors (Lipinski definition) is 9. The van der Waals surface area contributed by atoms with Crippen LogP contribution in [0.3, 0.4) is 0 Å². The van der Waals surface area contributed by atoms with Gasteiger partial charge in [0.05, 0.1) is 17.8 Å². The van der Waals surface area contributed by atoms with Crippen molar-refractivity contribution < 1.29 is 28.3 Å². The van der Waals surface area contributed by atoms with Crippen LogP contribution in [-0.2, 0) is 16.1 Å². The summed E-state index contributed by atoms with van der Waals surface area (Å²) in [5.74, 6) is -0.421. The van der Waals surface area contributed by atoms with E-state index in [2.05, 4.69) is 68.9 Å². The number of ether oxygens (including phenoxy) is 1. The molecule has 1 saturated carbocycles. The Kier molecular flexibility index (Phi) is 10.7. The molecule has 9 rings (SSSR count). The third-order valence-electron chi connectivity index (χ3n) is 14.1. The third-order valence-corrected chi connectivity index (χ3v) is 14.1. The van der Waals surface area contributed by atoms with Crippen LogP contribution in [-0.4, -0.2) is 102 Å². The highest BCUT2D eigenvalue weighted by atomic mass is 19.1. The molecule has 3 saturated heterocycles. The Labute approximate surface area is 361 Å². The van der Waals surface area contributed by atoms with Gasteiger partial charge in [0.15, 0.2) is 0 Å². The Morgan fingerprint density at radius 3 is 2.40 bits per heavy atom. The number of piperazine rings is 1. The fraction of sp³-hybridized carbons (Fsp3) is 0.458. The molecule has 62 heavy (non-hydrogen) atoms. The first-order chi connectivity index (χ1) is 29.7. The van der Waals surface area contributed by atoms with Crippen molar-refractivity contribution in [1.29, 1.82) is 0 Å². The van der Waals surface area contributed by atoms with Gasteiger partial charge in [-0.25, -0.2) is 9.24 Å². The highest BCUT2D eigenvalue weighted by Crippen LogP contribution is 2.56. The number of carbonyl (C=O) groups is 4. The molecule has 322 valence electrons. The quantitative estimate of drug-likeness (QED) is 0.147. The van der Waals surface area contributed by atoms with Crippen LogP contribution in [0.5, 0.6) is 5.75 Å². The van der Waals surface area contributed by atoms with Crippen LogP contribution < -0.4 is 25.2 Å². The van der Waals surface area contributed by atoms with Gasteiger partial charge in [-0.3, -0.25) is 34.4 Å². The van der Waals surface area contributed by atoms with E-state index in [-0.39, 0.29) is 41.9 Å². The van der Waals surface area contributed by atoms with E-state index in [0.717, 1.165) is 75.3 Å². The fourth-order valence-corrected chi connectivity index (χ4v) is 11.0. The molecule has 13 nitrogen and oxygen atoms in total. The summed E-state index contributed by atoms with van der Waals surface area (Å²) in [6.07, 6.45) is 3.91. The van der Waals surface area contributed by atoms with Gasteiger partial charge < -0.3 is 24.8 Å². The highest BCUT2D eigenvalue weighted by Gasteiger charge is 2.64. The summed E-state index contributed by atoms with van der Waals surface area (Å²) in [6, 6.07) is 17.2. The average molecular weight is 841 g/mol. The zero-order valence-electron chi connectivity index (χ0n) is 35.7. The van der Waals surface area contributed by atoms with E-state index in [1.54, 1.807) is 29.3 Å². The summed E-state index contributed by atoms with van der Waals surface area (Å²) in [6.45, 7) is 22.2. The van der Waals surface area contributed by atoms with E-state index < -0.39 is 28.6 Å². The predicted octanol–water partition coefficient (Wildman–Crippen LogP) is 6.34. The van der Waals surface area contributed by atoms with Crippen molar-refractivity contribution >= 4 is 51.6 Å². The van der Waals surface area contributed by atoms with Crippen molar-refractivity contribution in [2.45, 2.75) is 78.1 Å². The summed E-state index contributed by atoms with van der Waals surface area (Å²) in [5.41, 5.74) is 3.59. The smallest absolute Gasteiger partial charge is 0.255 e. The van der Waals surface area contributed by atoms with E-state index in [4.69, 9.17) is 11.3 Å². The molecule has 4 amide bonds. The molecule has 0 unspecified atom stereocenters. The van der Waals surface area contributed by atoms with Gasteiger partial charge in [0, 0.05) is 104 Å². The standard InChI is InChI=1S/C48H53FN8O5/c1-47(2)45(48(3,4)46(47)62-39-14-11-36(50-5)41-34(39)7-6-18-51-41)53-42(59)30-8-12-37(35(49)26-30)56-19-16-29(17-20-56)27-54-21-23-55(24-22-54)32-9-10-33-31(25-32)28-57(44(33)61)38-13-15-40(58)52-43(38)60/h6-12,14,18,25-26,29,38,45-46H,13,15-17,19-24,27-28H2,1-4H3,(H,53,59)(H,52,58,60)/t38-,45?,46?/m0/s1. The van der Waals surface area contributed by atoms with Gasteiger partial charge in [0.2, 0.25) is 17.5 Å². The van der Waals surface area contributed by atoms with Gasteiger partial charge in [-0.1, -0.05) is 33.8 Å². The number of nitrogens with zero attached hydrogens (tertiary/aromatic N) is 6. The number of rotatable bonds is 9. The van der Waals surface area contributed by atoms with E-state index >= 15 is 4.39 Å². The lowest BCUT2D eigenvalue weighted by molar-refractivity contribution is -0.163. The minimum absolute atomic E-state index is 0.159. The van der Waals surface area contributed by atoms with Crippen molar-refractivity contribution in [3.8, 4) is 5.75 Å². The third kappa shape index (κ3) is 7.40. The molecule has 5 heterocycles. The SMILES string of the molecule is [C-]#[N+]c1ccc(OC2C(C)(C)C(NC(=O)c3ccc(N4CCC(CN5CCN(c6ccc7c(c6)CN([C@H]6CCC(=O)NC6=O)C7=O)CC5)CC4)c(F)c3)C2(C)C)c2cccnc12. The Hall–Kier alpha value is -6.07. The van der Waals surface area contributed by atoms with Crippen molar-refractivity contribution in [3.05, 3.63) is 101 Å². The van der Waals surface area contributed by atoms with Gasteiger partial charge in [-0.15, -0.1) is 0 Å².